The molecular formula is C8H11ClN4O2. The molecule has 0 atom stereocenters. The van der Waals surface area contributed by atoms with Gasteiger partial charge < -0.3 is 4.90 Å². The minimum absolute atomic E-state index is 0.128. The number of aromatic nitrogens is 2. The predicted octanol–water partition coefficient (Wildman–Crippen LogP) is 1.88. The molecule has 0 unspecified atom stereocenters. The summed E-state index contributed by atoms with van der Waals surface area (Å²) in [5.41, 5.74) is -0.233. The van der Waals surface area contributed by atoms with E-state index in [2.05, 4.69) is 9.97 Å². The van der Waals surface area contributed by atoms with Crippen LogP contribution in [0.15, 0.2) is 6.33 Å². The van der Waals surface area contributed by atoms with Crippen LogP contribution in [0.5, 0.6) is 0 Å². The summed E-state index contributed by atoms with van der Waals surface area (Å²) in [4.78, 5) is 19.5. The predicted molar refractivity (Wildman–Crippen MR) is 57.3 cm³/mol. The van der Waals surface area contributed by atoms with Crippen molar-refractivity contribution in [3.63, 3.8) is 0 Å². The fourth-order valence-electron chi connectivity index (χ4n) is 1.26. The lowest BCUT2D eigenvalue weighted by Crippen LogP contribution is -2.24. The van der Waals surface area contributed by atoms with Gasteiger partial charge in [0.2, 0.25) is 11.0 Å². The first-order valence-electron chi connectivity index (χ1n) is 4.51. The summed E-state index contributed by atoms with van der Waals surface area (Å²) in [6.45, 7) is 5.04. The van der Waals surface area contributed by atoms with Crippen LogP contribution in [0, 0.1) is 10.1 Å². The molecule has 0 aliphatic heterocycles. The Kier molecular flexibility index (Phi) is 3.79. The largest absolute Gasteiger partial charge is 0.351 e. The third kappa shape index (κ3) is 2.33. The van der Waals surface area contributed by atoms with Crippen molar-refractivity contribution in [3.8, 4) is 0 Å². The Hall–Kier alpha value is -1.43. The maximum atomic E-state index is 10.8. The zero-order chi connectivity index (χ0) is 11.4. The minimum atomic E-state index is -0.560. The second-order valence-corrected chi connectivity index (χ2v) is 3.12. The van der Waals surface area contributed by atoms with Gasteiger partial charge in [-0.15, -0.1) is 0 Å². The Morgan fingerprint density at radius 3 is 2.53 bits per heavy atom. The molecule has 0 saturated carbocycles. The molecule has 6 nitrogen and oxygen atoms in total. The van der Waals surface area contributed by atoms with Gasteiger partial charge in [-0.1, -0.05) is 11.6 Å². The van der Waals surface area contributed by atoms with Crippen LogP contribution in [0.3, 0.4) is 0 Å². The van der Waals surface area contributed by atoms with E-state index in [0.29, 0.717) is 13.1 Å². The average Bonchev–Trinajstić information content (AvgIpc) is 2.19. The van der Waals surface area contributed by atoms with Gasteiger partial charge in [-0.2, -0.15) is 0 Å². The first kappa shape index (κ1) is 11.6. The second kappa shape index (κ2) is 4.88. The van der Waals surface area contributed by atoms with Gasteiger partial charge in [-0.05, 0) is 13.8 Å². The molecule has 1 aromatic rings. The lowest BCUT2D eigenvalue weighted by atomic mass is 10.4. The normalized spacial score (nSPS) is 10.1. The highest BCUT2D eigenvalue weighted by molar-refractivity contribution is 6.31. The van der Waals surface area contributed by atoms with Gasteiger partial charge in [0, 0.05) is 13.1 Å². The van der Waals surface area contributed by atoms with Crippen molar-refractivity contribution in [2.45, 2.75) is 13.8 Å². The summed E-state index contributed by atoms with van der Waals surface area (Å²) in [6.07, 6.45) is 1.23. The first-order valence-corrected chi connectivity index (χ1v) is 4.89. The molecule has 1 rings (SSSR count). The summed E-state index contributed by atoms with van der Waals surface area (Å²) in [6, 6.07) is 0. The van der Waals surface area contributed by atoms with Gasteiger partial charge in [0.25, 0.3) is 0 Å². The van der Waals surface area contributed by atoms with E-state index >= 15 is 0 Å². The third-order valence-electron chi connectivity index (χ3n) is 2.00. The van der Waals surface area contributed by atoms with Gasteiger partial charge in [0.1, 0.15) is 6.33 Å². The van der Waals surface area contributed by atoms with Gasteiger partial charge in [0.05, 0.1) is 4.92 Å². The maximum absolute atomic E-state index is 10.8. The molecular weight excluding hydrogens is 220 g/mol. The van der Waals surface area contributed by atoms with Crippen molar-refractivity contribution in [1.29, 1.82) is 0 Å². The number of hydrogen-bond acceptors (Lipinski definition) is 5. The van der Waals surface area contributed by atoms with Crippen LogP contribution < -0.4 is 4.90 Å². The number of halogens is 1. The van der Waals surface area contributed by atoms with Crippen LogP contribution in [0.4, 0.5) is 11.5 Å². The molecule has 0 aromatic carbocycles. The van der Waals surface area contributed by atoms with E-state index in [1.165, 1.54) is 6.33 Å². The van der Waals surface area contributed by atoms with Crippen molar-refractivity contribution >= 4 is 23.1 Å². The molecule has 0 aliphatic carbocycles. The Balaban J connectivity index is 3.27. The van der Waals surface area contributed by atoms with Crippen LogP contribution in [-0.4, -0.2) is 28.0 Å². The van der Waals surface area contributed by atoms with Crippen LogP contribution in [0.2, 0.25) is 5.15 Å². The number of rotatable bonds is 4. The quantitative estimate of drug-likeness (QED) is 0.449. The molecule has 0 N–H and O–H groups in total. The van der Waals surface area contributed by atoms with Crippen LogP contribution in [0.25, 0.3) is 0 Å². The van der Waals surface area contributed by atoms with Crippen LogP contribution >= 0.6 is 11.6 Å². The summed E-state index contributed by atoms with van der Waals surface area (Å²) < 4.78 is 0. The summed E-state index contributed by atoms with van der Waals surface area (Å²) in [7, 11) is 0. The molecule has 1 aromatic heterocycles. The van der Waals surface area contributed by atoms with E-state index in [9.17, 15) is 10.1 Å². The molecule has 0 saturated heterocycles. The highest BCUT2D eigenvalue weighted by Gasteiger charge is 2.24. The number of anilines is 1. The Bertz CT molecular complexity index is 368. The van der Waals surface area contributed by atoms with E-state index in [0.717, 1.165) is 0 Å². The Morgan fingerprint density at radius 1 is 1.47 bits per heavy atom. The molecule has 0 amide bonds. The molecule has 15 heavy (non-hydrogen) atoms. The van der Waals surface area contributed by atoms with Crippen molar-refractivity contribution in [2.75, 3.05) is 18.0 Å². The van der Waals surface area contributed by atoms with Crippen LogP contribution in [0.1, 0.15) is 13.8 Å². The van der Waals surface area contributed by atoms with Gasteiger partial charge in [-0.3, -0.25) is 10.1 Å². The molecule has 0 aliphatic rings. The Morgan fingerprint density at radius 2 is 2.07 bits per heavy atom. The molecule has 0 spiro atoms. The average molecular weight is 231 g/mol. The smallest absolute Gasteiger partial charge is 0.348 e. The zero-order valence-electron chi connectivity index (χ0n) is 8.47. The minimum Gasteiger partial charge on any atom is -0.351 e. The molecule has 82 valence electrons. The fraction of sp³-hybridized carbons (Fsp3) is 0.500. The lowest BCUT2D eigenvalue weighted by Gasteiger charge is -2.18. The number of nitro groups is 1. The molecule has 1 heterocycles. The van der Waals surface area contributed by atoms with Crippen molar-refractivity contribution in [3.05, 3.63) is 21.6 Å². The topological polar surface area (TPSA) is 72.2 Å². The Labute approximate surface area is 92.0 Å². The van der Waals surface area contributed by atoms with Crippen molar-refractivity contribution in [2.24, 2.45) is 0 Å². The maximum Gasteiger partial charge on any atom is 0.348 e. The van der Waals surface area contributed by atoms with E-state index in [4.69, 9.17) is 11.6 Å². The summed E-state index contributed by atoms with van der Waals surface area (Å²) in [5, 5.41) is 10.7. The van der Waals surface area contributed by atoms with Gasteiger partial charge in [-0.25, -0.2) is 9.97 Å². The lowest BCUT2D eigenvalue weighted by molar-refractivity contribution is -0.384. The molecule has 7 heteroatoms. The fourth-order valence-corrected chi connectivity index (χ4v) is 1.46. The highest BCUT2D eigenvalue weighted by Crippen LogP contribution is 2.30. The summed E-state index contributed by atoms with van der Waals surface area (Å²) in [5.74, 6) is 0.269. The molecule has 0 fully saturated rings. The van der Waals surface area contributed by atoms with Gasteiger partial charge >= 0.3 is 5.69 Å². The second-order valence-electron chi connectivity index (χ2n) is 2.77. The van der Waals surface area contributed by atoms with Crippen molar-refractivity contribution in [1.82, 2.24) is 9.97 Å². The monoisotopic (exact) mass is 230 g/mol. The van der Waals surface area contributed by atoms with E-state index in [1.54, 1.807) is 4.90 Å². The first-order chi connectivity index (χ1) is 7.11. The van der Waals surface area contributed by atoms with E-state index in [1.807, 2.05) is 13.8 Å². The van der Waals surface area contributed by atoms with E-state index < -0.39 is 4.92 Å². The SMILES string of the molecule is CCN(CC)c1ncnc(Cl)c1[N+](=O)[O-]. The summed E-state index contributed by atoms with van der Waals surface area (Å²) >= 11 is 5.66. The van der Waals surface area contributed by atoms with E-state index in [-0.39, 0.29) is 16.7 Å². The highest BCUT2D eigenvalue weighted by atomic mass is 35.5. The number of hydrogen-bond donors (Lipinski definition) is 0. The van der Waals surface area contributed by atoms with Crippen molar-refractivity contribution < 1.29 is 4.92 Å². The zero-order valence-corrected chi connectivity index (χ0v) is 9.23. The molecule has 0 bridgehead atoms. The standard InChI is InChI=1S/C8H11ClN4O2/c1-3-12(4-2)8-6(13(14)15)7(9)10-5-11-8/h5H,3-4H2,1-2H3. The van der Waals surface area contributed by atoms with Crippen LogP contribution in [-0.2, 0) is 0 Å². The van der Waals surface area contributed by atoms with Gasteiger partial charge in [0.15, 0.2) is 0 Å². The number of nitrogens with zero attached hydrogens (tertiary/aromatic N) is 4. The third-order valence-corrected chi connectivity index (χ3v) is 2.28. The molecule has 0 radical (unpaired) electrons.